The first kappa shape index (κ1) is 8.97. The minimum Gasteiger partial charge on any atom is -0.261 e. The summed E-state index contributed by atoms with van der Waals surface area (Å²) in [5.41, 5.74) is 2.63. The lowest BCUT2D eigenvalue weighted by molar-refractivity contribution is 1.19. The van der Waals surface area contributed by atoms with Crippen LogP contribution in [0.4, 0.5) is 0 Å². The lowest BCUT2D eigenvalue weighted by Gasteiger charge is -2.01. The normalized spacial score (nSPS) is 10.5. The summed E-state index contributed by atoms with van der Waals surface area (Å²) in [5.74, 6) is 0. The van der Waals surface area contributed by atoms with Crippen molar-refractivity contribution in [1.29, 1.82) is 0 Å². The molecule has 1 aromatic carbocycles. The van der Waals surface area contributed by atoms with Crippen molar-refractivity contribution in [3.8, 4) is 11.4 Å². The van der Waals surface area contributed by atoms with Crippen LogP contribution in [0.3, 0.4) is 0 Å². The van der Waals surface area contributed by atoms with Crippen molar-refractivity contribution in [3.05, 3.63) is 55.0 Å². The average molecular weight is 207 g/mol. The second-order valence-electron chi connectivity index (χ2n) is 3.48. The molecule has 0 aliphatic carbocycles. The van der Waals surface area contributed by atoms with Gasteiger partial charge in [0.15, 0.2) is 0 Å². The molecule has 0 saturated heterocycles. The monoisotopic (exact) mass is 207 g/mol. The van der Waals surface area contributed by atoms with Gasteiger partial charge in [-0.15, -0.1) is 0 Å². The summed E-state index contributed by atoms with van der Waals surface area (Å²) in [6.07, 6.45) is 5.05. The number of hydrogen-bond acceptors (Lipinski definition) is 3. The largest absolute Gasteiger partial charge is 0.261 e. The molecule has 0 atom stereocenters. The molecule has 0 aliphatic rings. The topological polar surface area (TPSA) is 38.7 Å². The van der Waals surface area contributed by atoms with Crippen molar-refractivity contribution in [1.82, 2.24) is 15.0 Å². The van der Waals surface area contributed by atoms with E-state index < -0.39 is 0 Å². The zero-order valence-corrected chi connectivity index (χ0v) is 8.54. The highest BCUT2D eigenvalue weighted by molar-refractivity contribution is 5.80. The Hall–Kier alpha value is -2.29. The van der Waals surface area contributed by atoms with E-state index in [2.05, 4.69) is 15.0 Å². The summed E-state index contributed by atoms with van der Waals surface area (Å²) < 4.78 is 0. The SMILES string of the molecule is c1ccc2nc(-c3cnccn3)ccc2c1. The van der Waals surface area contributed by atoms with Crippen LogP contribution < -0.4 is 0 Å². The third-order valence-electron chi connectivity index (χ3n) is 2.42. The molecule has 16 heavy (non-hydrogen) atoms. The number of fused-ring (bicyclic) bond motifs is 1. The Labute approximate surface area is 92.8 Å². The van der Waals surface area contributed by atoms with Crippen molar-refractivity contribution in [3.63, 3.8) is 0 Å². The maximum atomic E-state index is 4.54. The minimum atomic E-state index is 0.799. The molecule has 0 aliphatic heterocycles. The van der Waals surface area contributed by atoms with Gasteiger partial charge in [0.25, 0.3) is 0 Å². The molecule has 3 heteroatoms. The molecule has 2 heterocycles. The van der Waals surface area contributed by atoms with Crippen molar-refractivity contribution in [2.75, 3.05) is 0 Å². The van der Waals surface area contributed by atoms with E-state index in [0.717, 1.165) is 22.3 Å². The number of hydrogen-bond donors (Lipinski definition) is 0. The second-order valence-corrected chi connectivity index (χ2v) is 3.48. The molecule has 76 valence electrons. The minimum absolute atomic E-state index is 0.799. The van der Waals surface area contributed by atoms with Crippen LogP contribution in [0.15, 0.2) is 55.0 Å². The van der Waals surface area contributed by atoms with Crippen LogP contribution in [0.2, 0.25) is 0 Å². The lowest BCUT2D eigenvalue weighted by atomic mass is 10.2. The van der Waals surface area contributed by atoms with Gasteiger partial charge >= 0.3 is 0 Å². The van der Waals surface area contributed by atoms with E-state index in [1.165, 1.54) is 0 Å². The number of para-hydroxylation sites is 1. The quantitative estimate of drug-likeness (QED) is 0.615. The Morgan fingerprint density at radius 3 is 2.62 bits per heavy atom. The van der Waals surface area contributed by atoms with Crippen molar-refractivity contribution in [2.45, 2.75) is 0 Å². The molecule has 0 fully saturated rings. The Kier molecular flexibility index (Phi) is 2.07. The summed E-state index contributed by atoms with van der Waals surface area (Å²) >= 11 is 0. The third kappa shape index (κ3) is 1.52. The Morgan fingerprint density at radius 2 is 1.75 bits per heavy atom. The summed E-state index contributed by atoms with van der Waals surface area (Å²) in [7, 11) is 0. The van der Waals surface area contributed by atoms with Gasteiger partial charge in [0, 0.05) is 17.8 Å². The average Bonchev–Trinajstić information content (AvgIpc) is 2.39. The standard InChI is InChI=1S/C13H9N3/c1-2-4-11-10(3-1)5-6-12(16-11)13-9-14-7-8-15-13/h1-9H. The van der Waals surface area contributed by atoms with Gasteiger partial charge in [-0.05, 0) is 12.1 Å². The van der Waals surface area contributed by atoms with Gasteiger partial charge in [-0.2, -0.15) is 0 Å². The predicted molar refractivity (Wildman–Crippen MR) is 62.8 cm³/mol. The summed E-state index contributed by atoms with van der Waals surface area (Å²) in [5, 5.41) is 1.13. The van der Waals surface area contributed by atoms with Crippen LogP contribution in [0.1, 0.15) is 0 Å². The smallest absolute Gasteiger partial charge is 0.107 e. The van der Waals surface area contributed by atoms with Gasteiger partial charge < -0.3 is 0 Å². The first-order valence-corrected chi connectivity index (χ1v) is 5.06. The van der Waals surface area contributed by atoms with Crippen LogP contribution in [-0.4, -0.2) is 15.0 Å². The maximum Gasteiger partial charge on any atom is 0.107 e. The Morgan fingerprint density at radius 1 is 0.812 bits per heavy atom. The van der Waals surface area contributed by atoms with Gasteiger partial charge in [-0.25, -0.2) is 4.98 Å². The second kappa shape index (κ2) is 3.70. The number of nitrogens with zero attached hydrogens (tertiary/aromatic N) is 3. The summed E-state index contributed by atoms with van der Waals surface area (Å²) in [4.78, 5) is 12.8. The first-order chi connectivity index (χ1) is 7.93. The molecule has 3 rings (SSSR count). The van der Waals surface area contributed by atoms with Crippen LogP contribution in [0, 0.1) is 0 Å². The van der Waals surface area contributed by atoms with Gasteiger partial charge in [0.1, 0.15) is 5.69 Å². The van der Waals surface area contributed by atoms with Gasteiger partial charge in [0.05, 0.1) is 17.4 Å². The van der Waals surface area contributed by atoms with E-state index in [9.17, 15) is 0 Å². The molecule has 0 spiro atoms. The third-order valence-corrected chi connectivity index (χ3v) is 2.42. The van der Waals surface area contributed by atoms with Crippen molar-refractivity contribution in [2.24, 2.45) is 0 Å². The zero-order chi connectivity index (χ0) is 10.8. The number of benzene rings is 1. The zero-order valence-electron chi connectivity index (χ0n) is 8.54. The van der Waals surface area contributed by atoms with Crippen LogP contribution >= 0.6 is 0 Å². The molecule has 3 aromatic rings. The van der Waals surface area contributed by atoms with E-state index in [-0.39, 0.29) is 0 Å². The fourth-order valence-corrected chi connectivity index (χ4v) is 1.64. The van der Waals surface area contributed by atoms with E-state index in [4.69, 9.17) is 0 Å². The fourth-order valence-electron chi connectivity index (χ4n) is 1.64. The molecule has 0 bridgehead atoms. The molecular weight excluding hydrogens is 198 g/mol. The van der Waals surface area contributed by atoms with E-state index in [0.29, 0.717) is 0 Å². The van der Waals surface area contributed by atoms with Crippen molar-refractivity contribution >= 4 is 10.9 Å². The molecule has 0 N–H and O–H groups in total. The number of pyridine rings is 1. The molecule has 3 nitrogen and oxygen atoms in total. The molecular formula is C13H9N3. The molecule has 0 radical (unpaired) electrons. The van der Waals surface area contributed by atoms with Gasteiger partial charge in [-0.1, -0.05) is 24.3 Å². The molecule has 0 saturated carbocycles. The van der Waals surface area contributed by atoms with Crippen LogP contribution in [-0.2, 0) is 0 Å². The molecule has 0 unspecified atom stereocenters. The van der Waals surface area contributed by atoms with E-state index in [1.54, 1.807) is 18.6 Å². The first-order valence-electron chi connectivity index (χ1n) is 5.06. The van der Waals surface area contributed by atoms with Crippen LogP contribution in [0.5, 0.6) is 0 Å². The van der Waals surface area contributed by atoms with Gasteiger partial charge in [0.2, 0.25) is 0 Å². The Balaban J connectivity index is 2.19. The molecule has 2 aromatic heterocycles. The van der Waals surface area contributed by atoms with E-state index in [1.807, 2.05) is 36.4 Å². The van der Waals surface area contributed by atoms with Crippen molar-refractivity contribution < 1.29 is 0 Å². The molecule has 0 amide bonds. The highest BCUT2D eigenvalue weighted by Crippen LogP contribution is 2.17. The highest BCUT2D eigenvalue weighted by Gasteiger charge is 2.01. The maximum absolute atomic E-state index is 4.54. The summed E-state index contributed by atoms with van der Waals surface area (Å²) in [6.45, 7) is 0. The predicted octanol–water partition coefficient (Wildman–Crippen LogP) is 2.69. The lowest BCUT2D eigenvalue weighted by Crippen LogP contribution is -1.88. The van der Waals surface area contributed by atoms with Gasteiger partial charge in [-0.3, -0.25) is 9.97 Å². The summed E-state index contributed by atoms with van der Waals surface area (Å²) in [6, 6.07) is 12.0. The van der Waals surface area contributed by atoms with E-state index >= 15 is 0 Å². The number of aromatic nitrogens is 3. The van der Waals surface area contributed by atoms with Crippen LogP contribution in [0.25, 0.3) is 22.3 Å². The number of rotatable bonds is 1. The highest BCUT2D eigenvalue weighted by atomic mass is 14.8. The Bertz CT molecular complexity index is 620. The fraction of sp³-hybridized carbons (Fsp3) is 0.